The highest BCUT2D eigenvalue weighted by atomic mass is 15.1. The molecule has 16 heavy (non-hydrogen) atoms. The summed E-state index contributed by atoms with van der Waals surface area (Å²) in [6.45, 7) is 8.00. The third-order valence-electron chi connectivity index (χ3n) is 3.65. The molecule has 0 saturated carbocycles. The Bertz CT molecular complexity index is 327. The molecule has 0 unspecified atom stereocenters. The van der Waals surface area contributed by atoms with Gasteiger partial charge in [0.2, 0.25) is 0 Å². The molecule has 88 valence electrons. The second kappa shape index (κ2) is 5.44. The molecular formula is C14H22N2. The third-order valence-corrected chi connectivity index (χ3v) is 3.65. The number of likely N-dealkylation sites (tertiary alicyclic amines) is 1. The van der Waals surface area contributed by atoms with Crippen LogP contribution >= 0.6 is 0 Å². The van der Waals surface area contributed by atoms with Crippen molar-refractivity contribution in [1.82, 2.24) is 9.88 Å². The summed E-state index contributed by atoms with van der Waals surface area (Å²) in [5.41, 5.74) is 2.53. The predicted molar refractivity (Wildman–Crippen MR) is 67.3 cm³/mol. The van der Waals surface area contributed by atoms with Gasteiger partial charge in [0.25, 0.3) is 0 Å². The molecular weight excluding hydrogens is 196 g/mol. The molecule has 0 amide bonds. The summed E-state index contributed by atoms with van der Waals surface area (Å²) in [6.07, 6.45) is 6.02. The van der Waals surface area contributed by atoms with Gasteiger partial charge in [0.05, 0.1) is 0 Å². The maximum atomic E-state index is 4.24. The van der Waals surface area contributed by atoms with Gasteiger partial charge in [-0.3, -0.25) is 9.88 Å². The SMILES string of the molecule is CCC1CCN(Cc2ccnc(C)c2)CC1. The van der Waals surface area contributed by atoms with E-state index in [-0.39, 0.29) is 0 Å². The summed E-state index contributed by atoms with van der Waals surface area (Å²) in [5.74, 6) is 0.968. The maximum absolute atomic E-state index is 4.24. The first kappa shape index (κ1) is 11.6. The van der Waals surface area contributed by atoms with Crippen LogP contribution in [0.2, 0.25) is 0 Å². The highest BCUT2D eigenvalue weighted by Gasteiger charge is 2.17. The van der Waals surface area contributed by atoms with Crippen molar-refractivity contribution in [2.45, 2.75) is 39.7 Å². The molecule has 2 heteroatoms. The first-order valence-corrected chi connectivity index (χ1v) is 6.42. The van der Waals surface area contributed by atoms with Crippen molar-refractivity contribution < 1.29 is 0 Å². The Balaban J connectivity index is 1.87. The number of hydrogen-bond acceptors (Lipinski definition) is 2. The summed E-state index contributed by atoms with van der Waals surface area (Å²) < 4.78 is 0. The van der Waals surface area contributed by atoms with E-state index < -0.39 is 0 Å². The molecule has 2 rings (SSSR count). The van der Waals surface area contributed by atoms with E-state index >= 15 is 0 Å². The zero-order valence-corrected chi connectivity index (χ0v) is 10.4. The van der Waals surface area contributed by atoms with Crippen LogP contribution in [0.25, 0.3) is 0 Å². The lowest BCUT2D eigenvalue weighted by atomic mass is 9.94. The van der Waals surface area contributed by atoms with Crippen LogP contribution in [0.15, 0.2) is 18.3 Å². The van der Waals surface area contributed by atoms with E-state index in [0.717, 1.165) is 18.2 Å². The van der Waals surface area contributed by atoms with Gasteiger partial charge in [0.15, 0.2) is 0 Å². The standard InChI is InChI=1S/C14H22N2/c1-3-13-5-8-16(9-6-13)11-14-4-7-15-12(2)10-14/h4,7,10,13H,3,5-6,8-9,11H2,1-2H3. The van der Waals surface area contributed by atoms with Crippen LogP contribution in [-0.2, 0) is 6.54 Å². The fourth-order valence-corrected chi connectivity index (χ4v) is 2.51. The molecule has 2 nitrogen and oxygen atoms in total. The minimum Gasteiger partial charge on any atom is -0.299 e. The van der Waals surface area contributed by atoms with Crippen molar-refractivity contribution in [3.8, 4) is 0 Å². The molecule has 0 radical (unpaired) electrons. The van der Waals surface area contributed by atoms with Crippen LogP contribution in [-0.4, -0.2) is 23.0 Å². The minimum atomic E-state index is 0.968. The summed E-state index contributed by atoms with van der Waals surface area (Å²) in [4.78, 5) is 6.81. The largest absolute Gasteiger partial charge is 0.299 e. The van der Waals surface area contributed by atoms with E-state index in [4.69, 9.17) is 0 Å². The van der Waals surface area contributed by atoms with Crippen LogP contribution in [0.5, 0.6) is 0 Å². The molecule has 1 aromatic heterocycles. The van der Waals surface area contributed by atoms with Gasteiger partial charge in [-0.15, -0.1) is 0 Å². The number of aryl methyl sites for hydroxylation is 1. The Kier molecular flexibility index (Phi) is 3.94. The predicted octanol–water partition coefficient (Wildman–Crippen LogP) is 3.01. The first-order valence-electron chi connectivity index (χ1n) is 6.42. The first-order chi connectivity index (χ1) is 7.78. The Morgan fingerprint density at radius 1 is 1.38 bits per heavy atom. The van der Waals surface area contributed by atoms with Gasteiger partial charge in [-0.05, 0) is 56.5 Å². The van der Waals surface area contributed by atoms with Crippen molar-refractivity contribution in [1.29, 1.82) is 0 Å². The molecule has 1 aromatic rings. The molecule has 0 atom stereocenters. The van der Waals surface area contributed by atoms with Crippen molar-refractivity contribution in [3.63, 3.8) is 0 Å². The second-order valence-electron chi connectivity index (χ2n) is 4.93. The number of piperidine rings is 1. The normalized spacial score (nSPS) is 18.9. The molecule has 1 aliphatic rings. The van der Waals surface area contributed by atoms with Crippen LogP contribution in [0, 0.1) is 12.8 Å². The van der Waals surface area contributed by atoms with Gasteiger partial charge in [0.1, 0.15) is 0 Å². The Labute approximate surface area is 98.7 Å². The van der Waals surface area contributed by atoms with Gasteiger partial charge < -0.3 is 0 Å². The zero-order chi connectivity index (χ0) is 11.4. The van der Waals surface area contributed by atoms with Crippen LogP contribution in [0.3, 0.4) is 0 Å². The topological polar surface area (TPSA) is 16.1 Å². The third kappa shape index (κ3) is 3.05. The highest BCUT2D eigenvalue weighted by Crippen LogP contribution is 2.21. The summed E-state index contributed by atoms with van der Waals surface area (Å²) >= 11 is 0. The number of hydrogen-bond donors (Lipinski definition) is 0. The van der Waals surface area contributed by atoms with Gasteiger partial charge in [-0.2, -0.15) is 0 Å². The van der Waals surface area contributed by atoms with Gasteiger partial charge in [0, 0.05) is 18.4 Å². The number of aromatic nitrogens is 1. The molecule has 1 fully saturated rings. The van der Waals surface area contributed by atoms with Crippen LogP contribution in [0.1, 0.15) is 37.4 Å². The van der Waals surface area contributed by atoms with Gasteiger partial charge in [-0.1, -0.05) is 13.3 Å². The lowest BCUT2D eigenvalue weighted by Gasteiger charge is -2.31. The average Bonchev–Trinajstić information content (AvgIpc) is 2.30. The molecule has 0 N–H and O–H groups in total. The van der Waals surface area contributed by atoms with Crippen molar-refractivity contribution in [2.75, 3.05) is 13.1 Å². The Morgan fingerprint density at radius 3 is 2.75 bits per heavy atom. The number of nitrogens with zero attached hydrogens (tertiary/aromatic N) is 2. The van der Waals surface area contributed by atoms with E-state index in [1.165, 1.54) is 37.9 Å². The zero-order valence-electron chi connectivity index (χ0n) is 10.4. The van der Waals surface area contributed by atoms with Crippen molar-refractivity contribution in [3.05, 3.63) is 29.6 Å². The Morgan fingerprint density at radius 2 is 2.12 bits per heavy atom. The molecule has 0 aromatic carbocycles. The van der Waals surface area contributed by atoms with E-state index in [1.807, 2.05) is 6.20 Å². The highest BCUT2D eigenvalue weighted by molar-refractivity contribution is 5.15. The van der Waals surface area contributed by atoms with E-state index in [0.29, 0.717) is 0 Å². The monoisotopic (exact) mass is 218 g/mol. The molecule has 1 aliphatic heterocycles. The van der Waals surface area contributed by atoms with Gasteiger partial charge in [-0.25, -0.2) is 0 Å². The van der Waals surface area contributed by atoms with E-state index in [1.54, 1.807) is 0 Å². The van der Waals surface area contributed by atoms with Crippen LogP contribution < -0.4 is 0 Å². The molecule has 0 spiro atoms. The maximum Gasteiger partial charge on any atom is 0.0375 e. The fraction of sp³-hybridized carbons (Fsp3) is 0.643. The van der Waals surface area contributed by atoms with Gasteiger partial charge >= 0.3 is 0 Å². The fourth-order valence-electron chi connectivity index (χ4n) is 2.51. The number of pyridine rings is 1. The van der Waals surface area contributed by atoms with Crippen molar-refractivity contribution in [2.24, 2.45) is 5.92 Å². The summed E-state index contributed by atoms with van der Waals surface area (Å²) in [5, 5.41) is 0. The molecule has 0 aliphatic carbocycles. The quantitative estimate of drug-likeness (QED) is 0.775. The lowest BCUT2D eigenvalue weighted by Crippen LogP contribution is -2.33. The minimum absolute atomic E-state index is 0.968. The molecule has 1 saturated heterocycles. The average molecular weight is 218 g/mol. The Hall–Kier alpha value is -0.890. The lowest BCUT2D eigenvalue weighted by molar-refractivity contribution is 0.175. The second-order valence-corrected chi connectivity index (χ2v) is 4.93. The van der Waals surface area contributed by atoms with E-state index in [9.17, 15) is 0 Å². The molecule has 0 bridgehead atoms. The smallest absolute Gasteiger partial charge is 0.0375 e. The molecule has 2 heterocycles. The number of rotatable bonds is 3. The van der Waals surface area contributed by atoms with E-state index in [2.05, 4.69) is 35.9 Å². The van der Waals surface area contributed by atoms with Crippen LogP contribution in [0.4, 0.5) is 0 Å². The summed E-state index contributed by atoms with van der Waals surface area (Å²) in [7, 11) is 0. The van der Waals surface area contributed by atoms with Crippen molar-refractivity contribution >= 4 is 0 Å². The summed E-state index contributed by atoms with van der Waals surface area (Å²) in [6, 6.07) is 4.34.